The minimum absolute atomic E-state index is 0.0195. The van der Waals surface area contributed by atoms with Crippen LogP contribution < -0.4 is 9.47 Å². The number of ether oxygens (including phenoxy) is 2. The SMILES string of the molecule is CCCCCCCCC(C)C1CCc2cc(OCCC(=O)O)ccc2O1. The highest BCUT2D eigenvalue weighted by Crippen LogP contribution is 2.34. The van der Waals surface area contributed by atoms with E-state index in [1.165, 1.54) is 50.5 Å². The lowest BCUT2D eigenvalue weighted by Crippen LogP contribution is -2.29. The van der Waals surface area contributed by atoms with E-state index in [4.69, 9.17) is 14.6 Å². The second kappa shape index (κ2) is 11.1. The first-order chi connectivity index (χ1) is 12.6. The molecule has 0 saturated carbocycles. The number of aryl methyl sites for hydroxylation is 1. The molecule has 1 heterocycles. The molecule has 2 rings (SSSR count). The van der Waals surface area contributed by atoms with Gasteiger partial charge < -0.3 is 14.6 Å². The predicted molar refractivity (Wildman–Crippen MR) is 104 cm³/mol. The topological polar surface area (TPSA) is 55.8 Å². The van der Waals surface area contributed by atoms with Crippen molar-refractivity contribution in [2.24, 2.45) is 5.92 Å². The number of carboxylic acids is 1. The van der Waals surface area contributed by atoms with Crippen LogP contribution in [0.5, 0.6) is 11.5 Å². The fourth-order valence-electron chi connectivity index (χ4n) is 3.57. The Bertz CT molecular complexity index is 555. The van der Waals surface area contributed by atoms with E-state index in [0.29, 0.717) is 12.0 Å². The zero-order valence-corrected chi connectivity index (χ0v) is 16.3. The molecule has 1 aromatic rings. The number of carbonyl (C=O) groups is 1. The van der Waals surface area contributed by atoms with Gasteiger partial charge in [0.25, 0.3) is 0 Å². The first-order valence-electron chi connectivity index (χ1n) is 10.2. The van der Waals surface area contributed by atoms with Crippen molar-refractivity contribution < 1.29 is 19.4 Å². The van der Waals surface area contributed by atoms with Gasteiger partial charge in [0.2, 0.25) is 0 Å². The Labute approximate surface area is 157 Å². The third-order valence-corrected chi connectivity index (χ3v) is 5.24. The Balaban J connectivity index is 1.75. The third kappa shape index (κ3) is 6.89. The second-order valence-electron chi connectivity index (χ2n) is 7.49. The van der Waals surface area contributed by atoms with Crippen LogP contribution in [-0.2, 0) is 11.2 Å². The average molecular weight is 363 g/mol. The largest absolute Gasteiger partial charge is 0.493 e. The van der Waals surface area contributed by atoms with Crippen molar-refractivity contribution in [2.75, 3.05) is 6.61 Å². The summed E-state index contributed by atoms with van der Waals surface area (Å²) in [6, 6.07) is 5.84. The van der Waals surface area contributed by atoms with E-state index in [9.17, 15) is 4.79 Å². The monoisotopic (exact) mass is 362 g/mol. The zero-order valence-electron chi connectivity index (χ0n) is 16.3. The summed E-state index contributed by atoms with van der Waals surface area (Å²) in [5, 5.41) is 8.68. The van der Waals surface area contributed by atoms with E-state index in [1.54, 1.807) is 0 Å². The molecule has 4 nitrogen and oxygen atoms in total. The van der Waals surface area contributed by atoms with Crippen LogP contribution in [0.3, 0.4) is 0 Å². The predicted octanol–water partition coefficient (Wildman–Crippen LogP) is 5.62. The molecule has 1 aliphatic rings. The summed E-state index contributed by atoms with van der Waals surface area (Å²) in [6.07, 6.45) is 11.6. The van der Waals surface area contributed by atoms with Gasteiger partial charge >= 0.3 is 5.97 Å². The molecule has 0 saturated heterocycles. The van der Waals surface area contributed by atoms with Gasteiger partial charge in [0, 0.05) is 0 Å². The van der Waals surface area contributed by atoms with Crippen LogP contribution in [0, 0.1) is 5.92 Å². The van der Waals surface area contributed by atoms with Crippen LogP contribution in [0.1, 0.15) is 77.2 Å². The van der Waals surface area contributed by atoms with Crippen molar-refractivity contribution in [2.45, 2.75) is 84.2 Å². The molecule has 26 heavy (non-hydrogen) atoms. The number of aliphatic carboxylic acids is 1. The number of carboxylic acid groups (broad SMARTS) is 1. The normalized spacial score (nSPS) is 17.2. The average Bonchev–Trinajstić information content (AvgIpc) is 2.63. The molecule has 0 spiro atoms. The number of fused-ring (bicyclic) bond motifs is 1. The highest BCUT2D eigenvalue weighted by atomic mass is 16.5. The van der Waals surface area contributed by atoms with E-state index >= 15 is 0 Å². The van der Waals surface area contributed by atoms with Crippen molar-refractivity contribution in [1.29, 1.82) is 0 Å². The molecule has 0 amide bonds. The van der Waals surface area contributed by atoms with E-state index in [-0.39, 0.29) is 13.0 Å². The molecule has 1 aliphatic heterocycles. The number of hydrogen-bond acceptors (Lipinski definition) is 3. The van der Waals surface area contributed by atoms with Gasteiger partial charge in [-0.25, -0.2) is 0 Å². The molecular formula is C22H34O4. The summed E-state index contributed by atoms with van der Waals surface area (Å²) in [6.45, 7) is 4.77. The van der Waals surface area contributed by atoms with Crippen molar-refractivity contribution in [1.82, 2.24) is 0 Å². The molecule has 4 heteroatoms. The summed E-state index contributed by atoms with van der Waals surface area (Å²) in [4.78, 5) is 10.6. The fourth-order valence-corrected chi connectivity index (χ4v) is 3.57. The first kappa shape index (κ1) is 20.6. The molecule has 0 aromatic heterocycles. The van der Waals surface area contributed by atoms with Gasteiger partial charge in [-0.15, -0.1) is 0 Å². The maximum absolute atomic E-state index is 10.6. The standard InChI is InChI=1S/C22H34O4/c1-3-4-5-6-7-8-9-17(2)20-12-10-18-16-19(11-13-21(18)26-20)25-15-14-22(23)24/h11,13,16-17,20H,3-10,12,14-15H2,1-2H3,(H,23,24). The maximum atomic E-state index is 10.6. The number of benzene rings is 1. The third-order valence-electron chi connectivity index (χ3n) is 5.24. The molecule has 0 fully saturated rings. The van der Waals surface area contributed by atoms with Crippen LogP contribution in [-0.4, -0.2) is 23.8 Å². The highest BCUT2D eigenvalue weighted by molar-refractivity contribution is 5.66. The van der Waals surface area contributed by atoms with Gasteiger partial charge in [-0.1, -0.05) is 52.4 Å². The molecule has 0 aliphatic carbocycles. The van der Waals surface area contributed by atoms with Crippen molar-refractivity contribution in [3.63, 3.8) is 0 Å². The molecule has 1 N–H and O–H groups in total. The van der Waals surface area contributed by atoms with Crippen LogP contribution >= 0.6 is 0 Å². The van der Waals surface area contributed by atoms with Crippen LogP contribution in [0.2, 0.25) is 0 Å². The fraction of sp³-hybridized carbons (Fsp3) is 0.682. The highest BCUT2D eigenvalue weighted by Gasteiger charge is 2.24. The molecule has 0 radical (unpaired) electrons. The van der Waals surface area contributed by atoms with Gasteiger partial charge in [0.15, 0.2) is 0 Å². The first-order valence-corrected chi connectivity index (χ1v) is 10.2. The summed E-state index contributed by atoms with van der Waals surface area (Å²) in [5.74, 6) is 1.43. The lowest BCUT2D eigenvalue weighted by molar-refractivity contribution is -0.137. The Morgan fingerprint density at radius 2 is 2.04 bits per heavy atom. The van der Waals surface area contributed by atoms with E-state index in [0.717, 1.165) is 24.3 Å². The quantitative estimate of drug-likeness (QED) is 0.490. The zero-order chi connectivity index (χ0) is 18.8. The van der Waals surface area contributed by atoms with Crippen LogP contribution in [0.4, 0.5) is 0 Å². The summed E-state index contributed by atoms with van der Waals surface area (Å²) < 4.78 is 11.8. The number of unbranched alkanes of at least 4 members (excludes halogenated alkanes) is 5. The molecular weight excluding hydrogens is 328 g/mol. The van der Waals surface area contributed by atoms with Crippen LogP contribution in [0.25, 0.3) is 0 Å². The van der Waals surface area contributed by atoms with Gasteiger partial charge in [-0.3, -0.25) is 4.79 Å². The van der Waals surface area contributed by atoms with Gasteiger partial charge in [-0.2, -0.15) is 0 Å². The maximum Gasteiger partial charge on any atom is 0.306 e. The van der Waals surface area contributed by atoms with Crippen LogP contribution in [0.15, 0.2) is 18.2 Å². The molecule has 2 atom stereocenters. The smallest absolute Gasteiger partial charge is 0.306 e. The van der Waals surface area contributed by atoms with E-state index in [1.807, 2.05) is 18.2 Å². The Kier molecular flexibility index (Phi) is 8.79. The van der Waals surface area contributed by atoms with Gasteiger partial charge in [-0.05, 0) is 48.9 Å². The van der Waals surface area contributed by atoms with Crippen molar-refractivity contribution >= 4 is 5.97 Å². The molecule has 2 unspecified atom stereocenters. The lowest BCUT2D eigenvalue weighted by Gasteiger charge is -2.30. The van der Waals surface area contributed by atoms with Gasteiger partial charge in [0.1, 0.15) is 17.6 Å². The second-order valence-corrected chi connectivity index (χ2v) is 7.49. The Hall–Kier alpha value is -1.71. The van der Waals surface area contributed by atoms with E-state index < -0.39 is 5.97 Å². The van der Waals surface area contributed by atoms with E-state index in [2.05, 4.69) is 13.8 Å². The lowest BCUT2D eigenvalue weighted by atomic mass is 9.90. The molecule has 1 aromatic carbocycles. The summed E-state index contributed by atoms with van der Waals surface area (Å²) >= 11 is 0. The summed E-state index contributed by atoms with van der Waals surface area (Å²) in [7, 11) is 0. The minimum Gasteiger partial charge on any atom is -0.493 e. The van der Waals surface area contributed by atoms with Crippen molar-refractivity contribution in [3.8, 4) is 11.5 Å². The number of hydrogen-bond donors (Lipinski definition) is 1. The number of rotatable bonds is 12. The Morgan fingerprint density at radius 3 is 2.81 bits per heavy atom. The Morgan fingerprint density at radius 1 is 1.27 bits per heavy atom. The summed E-state index contributed by atoms with van der Waals surface area (Å²) in [5.41, 5.74) is 1.17. The molecule has 146 valence electrons. The molecule has 0 bridgehead atoms. The van der Waals surface area contributed by atoms with Gasteiger partial charge in [0.05, 0.1) is 13.0 Å². The minimum atomic E-state index is -0.839. The van der Waals surface area contributed by atoms with Crippen molar-refractivity contribution in [3.05, 3.63) is 23.8 Å².